The maximum absolute atomic E-state index is 13.1. The molecule has 1 saturated heterocycles. The van der Waals surface area contributed by atoms with Crippen molar-refractivity contribution in [1.29, 1.82) is 0 Å². The van der Waals surface area contributed by atoms with Crippen LogP contribution in [0.15, 0.2) is 54.6 Å². The van der Waals surface area contributed by atoms with Crippen LogP contribution in [0.5, 0.6) is 0 Å². The molecular weight excluding hydrogens is 360 g/mol. The zero-order chi connectivity index (χ0) is 18.7. The van der Waals surface area contributed by atoms with Gasteiger partial charge in [0.15, 0.2) is 0 Å². The van der Waals surface area contributed by atoms with Crippen LogP contribution in [0.3, 0.4) is 0 Å². The molecule has 0 radical (unpaired) electrons. The van der Waals surface area contributed by atoms with Crippen LogP contribution < -0.4 is 5.73 Å². The lowest BCUT2D eigenvalue weighted by Gasteiger charge is -2.43. The summed E-state index contributed by atoms with van der Waals surface area (Å²) in [5, 5.41) is 0. The van der Waals surface area contributed by atoms with E-state index in [0.717, 1.165) is 11.1 Å². The Balaban J connectivity index is 0.00000261. The van der Waals surface area contributed by atoms with Crippen LogP contribution in [-0.4, -0.2) is 30.0 Å². The number of halogens is 1. The standard InChI is InChI=1S/C22H28N2O2.ClH/c1-22(2,3)20-15-24(14-19(26-20)17-9-5-4-6-10-17)21(25)18-11-7-8-16(12-18)13-23;/h4-12,19-20H,13-15,23H2,1-3H3;1H/t19-,20+;/m0./s1. The van der Waals surface area contributed by atoms with Gasteiger partial charge in [0.1, 0.15) is 6.10 Å². The van der Waals surface area contributed by atoms with Gasteiger partial charge in [-0.3, -0.25) is 4.79 Å². The molecule has 1 aliphatic heterocycles. The fourth-order valence-corrected chi connectivity index (χ4v) is 3.27. The van der Waals surface area contributed by atoms with Crippen LogP contribution in [0.2, 0.25) is 0 Å². The van der Waals surface area contributed by atoms with Gasteiger partial charge in [0.05, 0.1) is 12.6 Å². The van der Waals surface area contributed by atoms with Gasteiger partial charge in [0.25, 0.3) is 5.91 Å². The lowest BCUT2D eigenvalue weighted by molar-refractivity contribution is -0.119. The van der Waals surface area contributed by atoms with E-state index in [1.54, 1.807) is 0 Å². The second kappa shape index (κ2) is 8.87. The minimum Gasteiger partial charge on any atom is -0.366 e. The van der Waals surface area contributed by atoms with Crippen LogP contribution in [-0.2, 0) is 11.3 Å². The minimum absolute atomic E-state index is 0. The molecule has 0 saturated carbocycles. The first kappa shape index (κ1) is 21.4. The number of amides is 1. The van der Waals surface area contributed by atoms with E-state index in [1.165, 1.54) is 0 Å². The molecule has 0 unspecified atom stereocenters. The van der Waals surface area contributed by atoms with E-state index in [4.69, 9.17) is 10.5 Å². The molecule has 2 aromatic carbocycles. The van der Waals surface area contributed by atoms with E-state index in [-0.39, 0.29) is 35.9 Å². The van der Waals surface area contributed by atoms with Gasteiger partial charge in [-0.15, -0.1) is 12.4 Å². The quantitative estimate of drug-likeness (QED) is 0.857. The summed E-state index contributed by atoms with van der Waals surface area (Å²) in [6, 6.07) is 17.7. The summed E-state index contributed by atoms with van der Waals surface area (Å²) in [6.07, 6.45) is -0.140. The van der Waals surface area contributed by atoms with Crippen LogP contribution in [0.25, 0.3) is 0 Å². The summed E-state index contributed by atoms with van der Waals surface area (Å²) in [4.78, 5) is 15.1. The molecule has 4 nitrogen and oxygen atoms in total. The fourth-order valence-electron chi connectivity index (χ4n) is 3.27. The van der Waals surface area contributed by atoms with Crippen molar-refractivity contribution in [2.45, 2.75) is 39.5 Å². The number of hydrogen-bond donors (Lipinski definition) is 1. The zero-order valence-corrected chi connectivity index (χ0v) is 17.0. The molecule has 5 heteroatoms. The summed E-state index contributed by atoms with van der Waals surface area (Å²) < 4.78 is 6.38. The summed E-state index contributed by atoms with van der Waals surface area (Å²) in [5.74, 6) is 0.0405. The van der Waals surface area contributed by atoms with Crippen molar-refractivity contribution in [2.24, 2.45) is 11.1 Å². The number of ether oxygens (including phenoxy) is 1. The molecule has 0 aromatic heterocycles. The predicted molar refractivity (Wildman–Crippen MR) is 111 cm³/mol. The Hall–Kier alpha value is -1.88. The van der Waals surface area contributed by atoms with Gasteiger partial charge in [0, 0.05) is 18.7 Å². The maximum atomic E-state index is 13.1. The summed E-state index contributed by atoms with van der Waals surface area (Å²) in [6.45, 7) is 8.05. The maximum Gasteiger partial charge on any atom is 0.254 e. The van der Waals surface area contributed by atoms with Crippen LogP contribution >= 0.6 is 12.4 Å². The molecule has 1 heterocycles. The Morgan fingerprint density at radius 2 is 1.81 bits per heavy atom. The normalized spacial score (nSPS) is 20.1. The van der Waals surface area contributed by atoms with E-state index in [1.807, 2.05) is 47.4 Å². The largest absolute Gasteiger partial charge is 0.366 e. The molecule has 3 rings (SSSR count). The first-order valence-corrected chi connectivity index (χ1v) is 9.17. The van der Waals surface area contributed by atoms with E-state index in [0.29, 0.717) is 25.2 Å². The number of nitrogens with two attached hydrogens (primary N) is 1. The molecule has 0 aliphatic carbocycles. The second-order valence-corrected chi connectivity index (χ2v) is 8.00. The molecule has 0 spiro atoms. The van der Waals surface area contributed by atoms with Crippen LogP contribution in [0, 0.1) is 5.41 Å². The van der Waals surface area contributed by atoms with E-state index >= 15 is 0 Å². The van der Waals surface area contributed by atoms with Crippen molar-refractivity contribution in [1.82, 2.24) is 4.90 Å². The molecule has 1 fully saturated rings. The molecule has 2 N–H and O–H groups in total. The van der Waals surface area contributed by atoms with Crippen molar-refractivity contribution in [3.8, 4) is 0 Å². The Labute approximate surface area is 168 Å². The Kier molecular flexibility index (Phi) is 7.04. The second-order valence-electron chi connectivity index (χ2n) is 8.00. The SMILES string of the molecule is CC(C)(C)[C@H]1CN(C(=O)c2cccc(CN)c2)C[C@@H](c2ccccc2)O1.Cl. The van der Waals surface area contributed by atoms with Crippen LogP contribution in [0.1, 0.15) is 48.4 Å². The minimum atomic E-state index is -0.115. The molecule has 1 amide bonds. The molecule has 27 heavy (non-hydrogen) atoms. The number of morpholine rings is 1. The third kappa shape index (κ3) is 5.10. The van der Waals surface area contributed by atoms with Gasteiger partial charge in [-0.05, 0) is 28.7 Å². The zero-order valence-electron chi connectivity index (χ0n) is 16.2. The Bertz CT molecular complexity index is 758. The third-order valence-electron chi connectivity index (χ3n) is 4.94. The lowest BCUT2D eigenvalue weighted by Crippen LogP contribution is -2.51. The Morgan fingerprint density at radius 1 is 1.11 bits per heavy atom. The summed E-state index contributed by atoms with van der Waals surface area (Å²) in [5.41, 5.74) is 8.44. The number of carbonyl (C=O) groups excluding carboxylic acids is 1. The van der Waals surface area contributed by atoms with Crippen molar-refractivity contribution in [3.63, 3.8) is 0 Å². The molecule has 146 valence electrons. The lowest BCUT2D eigenvalue weighted by atomic mass is 9.87. The average Bonchev–Trinajstić information content (AvgIpc) is 2.67. The molecule has 0 bridgehead atoms. The fraction of sp³-hybridized carbons (Fsp3) is 0.409. The van der Waals surface area contributed by atoms with Crippen LogP contribution in [0.4, 0.5) is 0 Å². The van der Waals surface area contributed by atoms with Gasteiger partial charge in [-0.1, -0.05) is 63.2 Å². The van der Waals surface area contributed by atoms with E-state index in [9.17, 15) is 4.79 Å². The monoisotopic (exact) mass is 388 g/mol. The summed E-state index contributed by atoms with van der Waals surface area (Å²) in [7, 11) is 0. The Morgan fingerprint density at radius 3 is 2.44 bits per heavy atom. The highest BCUT2D eigenvalue weighted by molar-refractivity contribution is 5.94. The molecule has 1 aliphatic rings. The predicted octanol–water partition coefficient (Wildman–Crippen LogP) is 4.20. The number of hydrogen-bond acceptors (Lipinski definition) is 3. The van der Waals surface area contributed by atoms with Crippen molar-refractivity contribution >= 4 is 18.3 Å². The van der Waals surface area contributed by atoms with Gasteiger partial charge < -0.3 is 15.4 Å². The van der Waals surface area contributed by atoms with Gasteiger partial charge >= 0.3 is 0 Å². The highest BCUT2D eigenvalue weighted by atomic mass is 35.5. The van der Waals surface area contributed by atoms with E-state index < -0.39 is 0 Å². The number of nitrogens with zero attached hydrogens (tertiary/aromatic N) is 1. The van der Waals surface area contributed by atoms with Gasteiger partial charge in [0.2, 0.25) is 0 Å². The highest BCUT2D eigenvalue weighted by Crippen LogP contribution is 2.34. The van der Waals surface area contributed by atoms with Crippen molar-refractivity contribution < 1.29 is 9.53 Å². The first-order valence-electron chi connectivity index (χ1n) is 9.17. The average molecular weight is 389 g/mol. The smallest absolute Gasteiger partial charge is 0.254 e. The topological polar surface area (TPSA) is 55.6 Å². The number of carbonyl (C=O) groups is 1. The summed E-state index contributed by atoms with van der Waals surface area (Å²) >= 11 is 0. The van der Waals surface area contributed by atoms with Crippen molar-refractivity contribution in [3.05, 3.63) is 71.3 Å². The van der Waals surface area contributed by atoms with Gasteiger partial charge in [-0.25, -0.2) is 0 Å². The van der Waals surface area contributed by atoms with E-state index in [2.05, 4.69) is 32.9 Å². The highest BCUT2D eigenvalue weighted by Gasteiger charge is 2.37. The molecule has 2 aromatic rings. The number of benzene rings is 2. The third-order valence-corrected chi connectivity index (χ3v) is 4.94. The number of rotatable bonds is 3. The van der Waals surface area contributed by atoms with Crippen molar-refractivity contribution in [2.75, 3.05) is 13.1 Å². The molecule has 2 atom stereocenters. The van der Waals surface area contributed by atoms with Gasteiger partial charge in [-0.2, -0.15) is 0 Å². The molecular formula is C22H29ClN2O2. The first-order chi connectivity index (χ1) is 12.4.